The first kappa shape index (κ1) is 20.8. The Kier molecular flexibility index (Phi) is 7.15. The first-order valence-corrected chi connectivity index (χ1v) is 9.96. The second-order valence-electron chi connectivity index (χ2n) is 6.42. The zero-order valence-electron chi connectivity index (χ0n) is 14.3. The second-order valence-corrected chi connectivity index (χ2v) is 8.64. The third-order valence-corrected chi connectivity index (χ3v) is 7.02. The van der Waals surface area contributed by atoms with Crippen LogP contribution in [0.3, 0.4) is 0 Å². The van der Waals surface area contributed by atoms with Crippen LogP contribution < -0.4 is 0 Å². The van der Waals surface area contributed by atoms with Gasteiger partial charge in [0.2, 0.25) is 0 Å². The van der Waals surface area contributed by atoms with Crippen LogP contribution in [0.2, 0.25) is 0 Å². The summed E-state index contributed by atoms with van der Waals surface area (Å²) in [6.45, 7) is 2.26. The fourth-order valence-electron chi connectivity index (χ4n) is 3.20. The van der Waals surface area contributed by atoms with Crippen molar-refractivity contribution in [1.82, 2.24) is 4.90 Å². The Morgan fingerprint density at radius 3 is 1.92 bits per heavy atom. The Bertz CT molecular complexity index is 802. The Hall–Kier alpha value is -1.50. The molecule has 1 aliphatic rings. The minimum Gasteiger partial charge on any atom is -0.303 e. The van der Waals surface area contributed by atoms with E-state index in [1.54, 1.807) is 12.1 Å². The molecular weight excluding hydrogens is 380 g/mol. The number of nitrogens with zero attached hydrogens (tertiary/aromatic N) is 1. The van der Waals surface area contributed by atoms with Gasteiger partial charge in [-0.15, -0.1) is 12.4 Å². The van der Waals surface area contributed by atoms with E-state index in [9.17, 15) is 17.2 Å². The largest absolute Gasteiger partial charge is 0.303 e. The maximum absolute atomic E-state index is 13.0. The quantitative estimate of drug-likeness (QED) is 0.714. The summed E-state index contributed by atoms with van der Waals surface area (Å²) in [5, 5.41) is -0.417. The topological polar surface area (TPSA) is 37.4 Å². The summed E-state index contributed by atoms with van der Waals surface area (Å²) in [5.41, 5.74) is 1.07. The zero-order valence-corrected chi connectivity index (χ0v) is 15.9. The van der Waals surface area contributed by atoms with Crippen molar-refractivity contribution in [3.05, 3.63) is 65.7 Å². The third kappa shape index (κ3) is 5.02. The molecule has 0 radical (unpaired) electrons. The SMILES string of the molecule is Cl.O=S(=O)(c1ccc(F)cc1)C1CCN(CCc2ccc(F)cc2)CC1. The standard InChI is InChI=1S/C19H21F2NO2S.ClH/c20-16-3-1-15(2-4-16)9-12-22-13-10-19(11-14-22)25(23,24)18-7-5-17(21)6-8-18;/h1-8,19H,9-14H2;1H. The Labute approximate surface area is 159 Å². The molecule has 0 spiro atoms. The fraction of sp³-hybridized carbons (Fsp3) is 0.368. The van der Waals surface area contributed by atoms with Gasteiger partial charge in [-0.05, 0) is 74.3 Å². The molecule has 2 aromatic rings. The molecule has 3 rings (SSSR count). The minimum atomic E-state index is -3.41. The van der Waals surface area contributed by atoms with E-state index in [0.717, 1.165) is 18.5 Å². The highest BCUT2D eigenvalue weighted by atomic mass is 35.5. The predicted molar refractivity (Wildman–Crippen MR) is 100 cm³/mol. The van der Waals surface area contributed by atoms with Gasteiger partial charge in [-0.2, -0.15) is 0 Å². The van der Waals surface area contributed by atoms with E-state index in [4.69, 9.17) is 0 Å². The third-order valence-electron chi connectivity index (χ3n) is 4.75. The lowest BCUT2D eigenvalue weighted by Crippen LogP contribution is -2.40. The van der Waals surface area contributed by atoms with Gasteiger partial charge in [-0.25, -0.2) is 17.2 Å². The highest BCUT2D eigenvalue weighted by Crippen LogP contribution is 2.25. The molecule has 1 heterocycles. The van der Waals surface area contributed by atoms with Gasteiger partial charge in [-0.1, -0.05) is 12.1 Å². The molecule has 0 aliphatic carbocycles. The van der Waals surface area contributed by atoms with E-state index in [2.05, 4.69) is 4.90 Å². The maximum atomic E-state index is 13.0. The Morgan fingerprint density at radius 2 is 1.38 bits per heavy atom. The molecule has 7 heteroatoms. The number of piperidine rings is 1. The van der Waals surface area contributed by atoms with Crippen LogP contribution >= 0.6 is 12.4 Å². The molecule has 0 amide bonds. The molecule has 0 unspecified atom stereocenters. The smallest absolute Gasteiger partial charge is 0.181 e. The molecule has 0 aromatic heterocycles. The molecule has 1 saturated heterocycles. The molecule has 0 bridgehead atoms. The van der Waals surface area contributed by atoms with E-state index in [0.29, 0.717) is 25.9 Å². The predicted octanol–water partition coefficient (Wildman–Crippen LogP) is 3.87. The van der Waals surface area contributed by atoms with Gasteiger partial charge >= 0.3 is 0 Å². The summed E-state index contributed by atoms with van der Waals surface area (Å²) in [6, 6.07) is 11.5. The summed E-state index contributed by atoms with van der Waals surface area (Å²) >= 11 is 0. The first-order valence-electron chi connectivity index (χ1n) is 8.41. The molecule has 3 nitrogen and oxygen atoms in total. The summed E-state index contributed by atoms with van der Waals surface area (Å²) in [4.78, 5) is 2.43. The highest BCUT2D eigenvalue weighted by Gasteiger charge is 2.31. The van der Waals surface area contributed by atoms with E-state index < -0.39 is 20.9 Å². The number of hydrogen-bond donors (Lipinski definition) is 0. The number of benzene rings is 2. The van der Waals surface area contributed by atoms with Crippen LogP contribution in [0.5, 0.6) is 0 Å². The number of rotatable bonds is 5. The summed E-state index contributed by atoms with van der Waals surface area (Å²) in [6.07, 6.45) is 1.96. The van der Waals surface area contributed by atoms with Crippen LogP contribution in [0.4, 0.5) is 8.78 Å². The van der Waals surface area contributed by atoms with Crippen molar-refractivity contribution in [2.75, 3.05) is 19.6 Å². The van der Waals surface area contributed by atoms with Crippen LogP contribution in [-0.2, 0) is 16.3 Å². The number of halogens is 3. The minimum absolute atomic E-state index is 0. The number of likely N-dealkylation sites (tertiary alicyclic amines) is 1. The van der Waals surface area contributed by atoms with Crippen molar-refractivity contribution in [2.45, 2.75) is 29.4 Å². The monoisotopic (exact) mass is 401 g/mol. The molecular formula is C19H22ClF2NO2S. The lowest BCUT2D eigenvalue weighted by molar-refractivity contribution is 0.232. The molecule has 0 N–H and O–H groups in total. The summed E-state index contributed by atoms with van der Waals surface area (Å²) in [5.74, 6) is -0.676. The lowest BCUT2D eigenvalue weighted by Gasteiger charge is -2.31. The van der Waals surface area contributed by atoms with Crippen LogP contribution in [0.25, 0.3) is 0 Å². The van der Waals surface area contributed by atoms with Crippen molar-refractivity contribution >= 4 is 22.2 Å². The average molecular weight is 402 g/mol. The molecule has 1 fully saturated rings. The van der Waals surface area contributed by atoms with Gasteiger partial charge in [0.25, 0.3) is 0 Å². The first-order chi connectivity index (χ1) is 11.9. The van der Waals surface area contributed by atoms with Crippen molar-refractivity contribution in [3.8, 4) is 0 Å². The second kappa shape index (κ2) is 8.93. The van der Waals surface area contributed by atoms with Crippen molar-refractivity contribution in [1.29, 1.82) is 0 Å². The maximum Gasteiger partial charge on any atom is 0.181 e. The van der Waals surface area contributed by atoms with Crippen LogP contribution in [0.15, 0.2) is 53.4 Å². The van der Waals surface area contributed by atoms with Crippen molar-refractivity contribution in [2.24, 2.45) is 0 Å². The zero-order chi connectivity index (χ0) is 17.9. The van der Waals surface area contributed by atoms with Gasteiger partial charge in [0.1, 0.15) is 11.6 Å². The van der Waals surface area contributed by atoms with Gasteiger partial charge in [0, 0.05) is 6.54 Å². The van der Waals surface area contributed by atoms with Gasteiger partial charge < -0.3 is 4.90 Å². The van der Waals surface area contributed by atoms with Gasteiger partial charge in [-0.3, -0.25) is 0 Å². The average Bonchev–Trinajstić information content (AvgIpc) is 2.62. The molecule has 2 aromatic carbocycles. The van der Waals surface area contributed by atoms with Crippen LogP contribution in [0.1, 0.15) is 18.4 Å². The summed E-state index contributed by atoms with van der Waals surface area (Å²) < 4.78 is 51.2. The van der Waals surface area contributed by atoms with Gasteiger partial charge in [0.05, 0.1) is 10.1 Å². The molecule has 1 aliphatic heterocycles. The highest BCUT2D eigenvalue weighted by molar-refractivity contribution is 7.92. The summed E-state index contributed by atoms with van der Waals surface area (Å²) in [7, 11) is -3.41. The Morgan fingerprint density at radius 1 is 0.885 bits per heavy atom. The van der Waals surface area contributed by atoms with E-state index >= 15 is 0 Å². The molecule has 142 valence electrons. The fourth-order valence-corrected chi connectivity index (χ4v) is 4.93. The molecule has 0 atom stereocenters. The number of hydrogen-bond acceptors (Lipinski definition) is 3. The normalized spacial score (nSPS) is 16.2. The number of sulfone groups is 1. The van der Waals surface area contributed by atoms with E-state index in [1.807, 2.05) is 0 Å². The molecule has 26 heavy (non-hydrogen) atoms. The van der Waals surface area contributed by atoms with Crippen molar-refractivity contribution in [3.63, 3.8) is 0 Å². The van der Waals surface area contributed by atoms with Gasteiger partial charge in [0.15, 0.2) is 9.84 Å². The van der Waals surface area contributed by atoms with Crippen LogP contribution in [0, 0.1) is 11.6 Å². The molecule has 0 saturated carbocycles. The van der Waals surface area contributed by atoms with E-state index in [-0.39, 0.29) is 23.1 Å². The van der Waals surface area contributed by atoms with E-state index in [1.165, 1.54) is 36.4 Å². The Balaban J connectivity index is 0.00000243. The van der Waals surface area contributed by atoms with Crippen LogP contribution in [-0.4, -0.2) is 38.2 Å². The van der Waals surface area contributed by atoms with Crippen molar-refractivity contribution < 1.29 is 17.2 Å². The lowest BCUT2D eigenvalue weighted by atomic mass is 10.1.